The van der Waals surface area contributed by atoms with Crippen molar-refractivity contribution >= 4 is 11.9 Å². The van der Waals surface area contributed by atoms with Crippen molar-refractivity contribution in [3.63, 3.8) is 0 Å². The van der Waals surface area contributed by atoms with Crippen LogP contribution in [-0.4, -0.2) is 36.5 Å². The molecule has 1 aromatic rings. The molecule has 0 saturated carbocycles. The molecule has 0 atom stereocenters. The zero-order chi connectivity index (χ0) is 26.2. The van der Waals surface area contributed by atoms with Crippen molar-refractivity contribution in [3.05, 3.63) is 35.4 Å². The Morgan fingerprint density at radius 1 is 0.833 bits per heavy atom. The molecule has 0 unspecified atom stereocenters. The minimum Gasteiger partial charge on any atom is -0.465 e. The number of unbranched alkanes of at least 4 members (excludes halogenated alkanes) is 12. The van der Waals surface area contributed by atoms with Crippen LogP contribution in [-0.2, 0) is 15.7 Å². The molecule has 1 aliphatic heterocycles. The lowest BCUT2D eigenvalue weighted by atomic mass is 9.96. The second kappa shape index (κ2) is 16.6. The average Bonchev–Trinajstić information content (AvgIpc) is 2.88. The quantitative estimate of drug-likeness (QED) is 0.166. The van der Waals surface area contributed by atoms with Gasteiger partial charge in [0.1, 0.15) is 0 Å². The molecule has 1 saturated heterocycles. The number of halogens is 3. The molecule has 1 fully saturated rings. The predicted octanol–water partition coefficient (Wildman–Crippen LogP) is 8.19. The first-order chi connectivity index (χ1) is 17.3. The first-order valence-electron chi connectivity index (χ1n) is 14.0. The Labute approximate surface area is 215 Å². The summed E-state index contributed by atoms with van der Waals surface area (Å²) in [6, 6.07) is 4.84. The summed E-state index contributed by atoms with van der Waals surface area (Å²) in [5, 5.41) is 0. The molecular formula is C29H44F3NO3. The van der Waals surface area contributed by atoms with Gasteiger partial charge in [-0.05, 0) is 31.4 Å². The molecule has 1 heterocycles. The lowest BCUT2D eigenvalue weighted by Crippen LogP contribution is -2.41. The topological polar surface area (TPSA) is 46.6 Å². The van der Waals surface area contributed by atoms with Gasteiger partial charge < -0.3 is 9.64 Å². The third-order valence-electron chi connectivity index (χ3n) is 7.07. The monoisotopic (exact) mass is 511 g/mol. The summed E-state index contributed by atoms with van der Waals surface area (Å²) in [6.07, 6.45) is 12.6. The summed E-state index contributed by atoms with van der Waals surface area (Å²) in [5.74, 6) is -1.19. The van der Waals surface area contributed by atoms with Crippen molar-refractivity contribution in [1.29, 1.82) is 0 Å². The highest BCUT2D eigenvalue weighted by Gasteiger charge is 2.37. The van der Waals surface area contributed by atoms with Crippen LogP contribution in [0.2, 0.25) is 0 Å². The van der Waals surface area contributed by atoms with Gasteiger partial charge in [0.05, 0.1) is 23.7 Å². The van der Waals surface area contributed by atoms with Gasteiger partial charge in [-0.25, -0.2) is 0 Å². The smallest absolute Gasteiger partial charge is 0.417 e. The molecule has 0 N–H and O–H groups in total. The summed E-state index contributed by atoms with van der Waals surface area (Å²) in [4.78, 5) is 26.5. The zero-order valence-corrected chi connectivity index (χ0v) is 21.9. The lowest BCUT2D eigenvalue weighted by Gasteiger charge is -2.31. The Morgan fingerprint density at radius 3 is 1.86 bits per heavy atom. The zero-order valence-electron chi connectivity index (χ0n) is 21.9. The maximum Gasteiger partial charge on any atom is 0.417 e. The highest BCUT2D eigenvalue weighted by Crippen LogP contribution is 2.33. The highest BCUT2D eigenvalue weighted by molar-refractivity contribution is 5.96. The third kappa shape index (κ3) is 10.9. The second-order valence-electron chi connectivity index (χ2n) is 10.0. The van der Waals surface area contributed by atoms with E-state index in [9.17, 15) is 22.8 Å². The van der Waals surface area contributed by atoms with Crippen LogP contribution in [0.25, 0.3) is 0 Å². The number of hydrogen-bond acceptors (Lipinski definition) is 3. The predicted molar refractivity (Wildman–Crippen MR) is 137 cm³/mol. The number of amides is 1. The van der Waals surface area contributed by atoms with Crippen LogP contribution in [0, 0.1) is 5.92 Å². The van der Waals surface area contributed by atoms with E-state index in [4.69, 9.17) is 4.74 Å². The molecule has 7 heteroatoms. The first kappa shape index (κ1) is 30.2. The largest absolute Gasteiger partial charge is 0.465 e. The molecule has 4 nitrogen and oxygen atoms in total. The number of likely N-dealkylation sites (tertiary alicyclic amines) is 1. The molecular weight excluding hydrogens is 467 g/mol. The SMILES string of the molecule is CCCCCCCCCCCCCCCOC(=O)C1CCN(C(=O)c2ccccc2C(F)(F)F)CC1. The normalized spacial score (nSPS) is 14.7. The van der Waals surface area contributed by atoms with Gasteiger partial charge in [0.25, 0.3) is 5.91 Å². The van der Waals surface area contributed by atoms with Crippen molar-refractivity contribution < 1.29 is 27.5 Å². The van der Waals surface area contributed by atoms with Gasteiger partial charge in [-0.15, -0.1) is 0 Å². The van der Waals surface area contributed by atoms with Gasteiger partial charge in [-0.2, -0.15) is 13.2 Å². The van der Waals surface area contributed by atoms with Crippen LogP contribution in [0.5, 0.6) is 0 Å². The Bertz CT molecular complexity index is 773. The molecule has 1 amide bonds. The van der Waals surface area contributed by atoms with Crippen molar-refractivity contribution in [2.45, 2.75) is 109 Å². The van der Waals surface area contributed by atoms with Gasteiger partial charge in [0.15, 0.2) is 0 Å². The van der Waals surface area contributed by atoms with Crippen LogP contribution in [0.4, 0.5) is 13.2 Å². The Morgan fingerprint density at radius 2 is 1.33 bits per heavy atom. The van der Waals surface area contributed by atoms with Crippen molar-refractivity contribution in [3.8, 4) is 0 Å². The van der Waals surface area contributed by atoms with Crippen molar-refractivity contribution in [2.24, 2.45) is 5.92 Å². The number of carbonyl (C=O) groups excluding carboxylic acids is 2. The molecule has 2 rings (SSSR count). The van der Waals surface area contributed by atoms with Gasteiger partial charge in [0, 0.05) is 13.1 Å². The summed E-state index contributed by atoms with van der Waals surface area (Å²) in [7, 11) is 0. The molecule has 1 aliphatic rings. The molecule has 0 aromatic heterocycles. The van der Waals surface area contributed by atoms with E-state index in [0.717, 1.165) is 25.3 Å². The molecule has 0 bridgehead atoms. The number of piperidine rings is 1. The molecule has 0 spiro atoms. The van der Waals surface area contributed by atoms with Crippen LogP contribution in [0.15, 0.2) is 24.3 Å². The number of rotatable bonds is 16. The molecule has 0 radical (unpaired) electrons. The number of hydrogen-bond donors (Lipinski definition) is 0. The van der Waals surface area contributed by atoms with E-state index in [0.29, 0.717) is 19.4 Å². The minimum atomic E-state index is -4.58. The standard InChI is InChI=1S/C29H44F3NO3/c1-2-3-4-5-6-7-8-9-10-11-12-13-16-23-36-28(35)24-19-21-33(22-20-24)27(34)25-17-14-15-18-26(25)29(30,31)32/h14-15,17-18,24H,2-13,16,19-23H2,1H3. The van der Waals surface area contributed by atoms with Gasteiger partial charge in [-0.3, -0.25) is 9.59 Å². The maximum absolute atomic E-state index is 13.2. The van der Waals surface area contributed by atoms with E-state index in [1.807, 2.05) is 0 Å². The Kier molecular flexibility index (Phi) is 14.0. The average molecular weight is 512 g/mol. The van der Waals surface area contributed by atoms with Gasteiger partial charge in [-0.1, -0.05) is 96.1 Å². The van der Waals surface area contributed by atoms with Gasteiger partial charge >= 0.3 is 12.1 Å². The summed E-state index contributed by atoms with van der Waals surface area (Å²) >= 11 is 0. The lowest BCUT2D eigenvalue weighted by molar-refractivity contribution is -0.150. The van der Waals surface area contributed by atoms with Gasteiger partial charge in [0.2, 0.25) is 0 Å². The molecule has 0 aliphatic carbocycles. The Balaban J connectivity index is 1.53. The van der Waals surface area contributed by atoms with Crippen LogP contribution >= 0.6 is 0 Å². The number of nitrogens with zero attached hydrogens (tertiary/aromatic N) is 1. The third-order valence-corrected chi connectivity index (χ3v) is 7.07. The van der Waals surface area contributed by atoms with E-state index >= 15 is 0 Å². The molecule has 1 aromatic carbocycles. The number of esters is 1. The van der Waals surface area contributed by atoms with Crippen LogP contribution < -0.4 is 0 Å². The maximum atomic E-state index is 13.2. The summed E-state index contributed by atoms with van der Waals surface area (Å²) < 4.78 is 45.1. The minimum absolute atomic E-state index is 0.253. The van der Waals surface area contributed by atoms with Crippen LogP contribution in [0.1, 0.15) is 119 Å². The fourth-order valence-corrected chi connectivity index (χ4v) is 4.82. The first-order valence-corrected chi connectivity index (χ1v) is 14.0. The Hall–Kier alpha value is -2.05. The van der Waals surface area contributed by atoms with E-state index in [1.54, 1.807) is 0 Å². The summed E-state index contributed by atoms with van der Waals surface area (Å²) in [5.41, 5.74) is -1.26. The van der Waals surface area contributed by atoms with E-state index < -0.39 is 17.6 Å². The fraction of sp³-hybridized carbons (Fsp3) is 0.724. The van der Waals surface area contributed by atoms with Crippen molar-refractivity contribution in [1.82, 2.24) is 4.90 Å². The highest BCUT2D eigenvalue weighted by atomic mass is 19.4. The van der Waals surface area contributed by atoms with Crippen LogP contribution in [0.3, 0.4) is 0 Å². The van der Waals surface area contributed by atoms with E-state index in [-0.39, 0.29) is 30.5 Å². The van der Waals surface area contributed by atoms with E-state index in [1.165, 1.54) is 87.3 Å². The second-order valence-corrected chi connectivity index (χ2v) is 10.0. The molecule has 36 heavy (non-hydrogen) atoms. The number of benzene rings is 1. The van der Waals surface area contributed by atoms with Crippen molar-refractivity contribution in [2.75, 3.05) is 19.7 Å². The number of alkyl halides is 3. The van der Waals surface area contributed by atoms with E-state index in [2.05, 4.69) is 6.92 Å². The number of carbonyl (C=O) groups is 2. The number of ether oxygens (including phenoxy) is 1. The molecule has 204 valence electrons. The fourth-order valence-electron chi connectivity index (χ4n) is 4.82. The summed E-state index contributed by atoms with van der Waals surface area (Å²) in [6.45, 7) is 3.16.